The summed E-state index contributed by atoms with van der Waals surface area (Å²) in [5.41, 5.74) is 0.803. The normalized spacial score (nSPS) is 31.0. The predicted octanol–water partition coefficient (Wildman–Crippen LogP) is 0.0737. The van der Waals surface area contributed by atoms with Crippen molar-refractivity contribution in [3.63, 3.8) is 0 Å². The second-order valence-electron chi connectivity index (χ2n) is 7.15. The van der Waals surface area contributed by atoms with Crippen LogP contribution in [0.15, 0.2) is 30.3 Å². The van der Waals surface area contributed by atoms with Gasteiger partial charge in [-0.25, -0.2) is 9.59 Å². The van der Waals surface area contributed by atoms with E-state index in [1.54, 1.807) is 0 Å². The Bertz CT molecular complexity index is 709. The topological polar surface area (TPSA) is 137 Å². The van der Waals surface area contributed by atoms with Gasteiger partial charge in [0.15, 0.2) is 0 Å². The van der Waals surface area contributed by atoms with Gasteiger partial charge < -0.3 is 24.8 Å². The molecule has 3 N–H and O–H groups in total. The number of fused-ring (bicyclic) bond motifs is 5. The van der Waals surface area contributed by atoms with E-state index < -0.39 is 17.9 Å². The monoisotopic (exact) mass is 393 g/mol. The third-order valence-electron chi connectivity index (χ3n) is 5.51. The molecule has 9 heteroatoms. The highest BCUT2D eigenvalue weighted by molar-refractivity contribution is 6.27. The molecular weight excluding hydrogens is 370 g/mol. The van der Waals surface area contributed by atoms with Gasteiger partial charge in [0.1, 0.15) is 24.2 Å². The van der Waals surface area contributed by atoms with Gasteiger partial charge in [0.25, 0.3) is 0 Å². The minimum atomic E-state index is -1.82. The quantitative estimate of drug-likeness (QED) is 0.369. The average Bonchev–Trinajstić information content (AvgIpc) is 3.42. The largest absolute Gasteiger partial charge is 0.473 e. The number of esters is 1. The van der Waals surface area contributed by atoms with E-state index in [0.717, 1.165) is 18.4 Å². The van der Waals surface area contributed by atoms with E-state index in [1.807, 2.05) is 30.3 Å². The van der Waals surface area contributed by atoms with Crippen LogP contribution in [0.4, 0.5) is 0 Å². The highest BCUT2D eigenvalue weighted by Gasteiger charge is 2.62. The minimum absolute atomic E-state index is 0.0622. The second-order valence-corrected chi connectivity index (χ2v) is 7.15. The van der Waals surface area contributed by atoms with Crippen LogP contribution in [0.25, 0.3) is 0 Å². The van der Waals surface area contributed by atoms with E-state index in [-0.39, 0.29) is 18.7 Å². The number of epoxide rings is 1. The number of aliphatic carboxylic acids is 2. The molecule has 1 aromatic rings. The van der Waals surface area contributed by atoms with Crippen molar-refractivity contribution in [3.05, 3.63) is 35.9 Å². The number of carboxylic acids is 2. The van der Waals surface area contributed by atoms with Crippen LogP contribution >= 0.6 is 0 Å². The number of carboxylic acid groups (broad SMARTS) is 2. The lowest BCUT2D eigenvalue weighted by atomic mass is 9.97. The molecule has 9 nitrogen and oxygen atoms in total. The maximum Gasteiger partial charge on any atom is 0.414 e. The number of ether oxygens (including phenoxy) is 2. The molecule has 0 radical (unpaired) electrons. The van der Waals surface area contributed by atoms with Crippen LogP contribution in [0.1, 0.15) is 24.3 Å². The number of nitrogens with zero attached hydrogens (tertiary/aromatic N) is 1. The molecular formula is C19H23NO8. The third-order valence-corrected chi connectivity index (χ3v) is 5.51. The molecule has 3 heterocycles. The first-order valence-corrected chi connectivity index (χ1v) is 9.03. The molecule has 152 valence electrons. The molecule has 3 fully saturated rings. The smallest absolute Gasteiger partial charge is 0.414 e. The zero-order valence-electron chi connectivity index (χ0n) is 15.3. The summed E-state index contributed by atoms with van der Waals surface area (Å²) in [4.78, 5) is 33.0. The maximum atomic E-state index is 12.4. The summed E-state index contributed by atoms with van der Waals surface area (Å²) in [6, 6.07) is 10.1. The third kappa shape index (κ3) is 4.16. The fraction of sp³-hybridized carbons (Fsp3) is 0.526. The molecule has 0 spiro atoms. The molecule has 0 aromatic heterocycles. The minimum Gasteiger partial charge on any atom is -0.473 e. The number of aliphatic hydroxyl groups is 1. The number of morpholine rings is 1. The molecule has 6 atom stereocenters. The van der Waals surface area contributed by atoms with Crippen LogP contribution < -0.4 is 0 Å². The lowest BCUT2D eigenvalue weighted by Gasteiger charge is -2.38. The highest BCUT2D eigenvalue weighted by atomic mass is 16.6. The molecule has 1 unspecified atom stereocenters. The van der Waals surface area contributed by atoms with Crippen molar-refractivity contribution < 1.29 is 39.2 Å². The zero-order chi connectivity index (χ0) is 20.4. The molecule has 0 saturated carbocycles. The lowest BCUT2D eigenvalue weighted by molar-refractivity contribution is -0.159. The SMILES string of the molecule is CN1[C@@H]2CC(OC(=O)[C@H](CO)c3ccccc3)C[C@H]1[C@@H]1O[C@@H]12.O=C(O)C(=O)O. The summed E-state index contributed by atoms with van der Waals surface area (Å²) in [5.74, 6) is -4.56. The molecule has 3 aliphatic heterocycles. The first-order chi connectivity index (χ1) is 13.3. The van der Waals surface area contributed by atoms with E-state index in [0.29, 0.717) is 24.3 Å². The molecule has 2 bridgehead atoms. The van der Waals surface area contributed by atoms with E-state index in [1.165, 1.54) is 0 Å². The van der Waals surface area contributed by atoms with Crippen LogP contribution in [0.5, 0.6) is 0 Å². The van der Waals surface area contributed by atoms with Gasteiger partial charge in [0.05, 0.1) is 6.61 Å². The van der Waals surface area contributed by atoms with Gasteiger partial charge in [-0.15, -0.1) is 0 Å². The van der Waals surface area contributed by atoms with Crippen molar-refractivity contribution in [1.82, 2.24) is 4.90 Å². The summed E-state index contributed by atoms with van der Waals surface area (Å²) in [5, 5.41) is 24.3. The molecule has 0 amide bonds. The zero-order valence-corrected chi connectivity index (χ0v) is 15.3. The Balaban J connectivity index is 0.000000330. The van der Waals surface area contributed by atoms with Gasteiger partial charge >= 0.3 is 17.9 Å². The number of aliphatic hydroxyl groups excluding tert-OH is 1. The van der Waals surface area contributed by atoms with Crippen molar-refractivity contribution in [2.45, 2.75) is 49.2 Å². The molecule has 3 saturated heterocycles. The van der Waals surface area contributed by atoms with Crippen molar-refractivity contribution in [3.8, 4) is 0 Å². The second kappa shape index (κ2) is 8.26. The standard InChI is InChI=1S/C17H21NO4.C2H2O4/c1-18-13-7-11(8-14(18)16-15(13)22-16)21-17(20)12(9-19)10-5-3-2-4-6-10;3-1(4)2(5)6/h2-6,11-16,19H,7-9H2,1H3;(H,3,4)(H,5,6)/t11?,12-,13-,14+,15-,16+;/m1./s1. The number of hydrogen-bond donors (Lipinski definition) is 3. The Morgan fingerprint density at radius 3 is 2.11 bits per heavy atom. The van der Waals surface area contributed by atoms with Crippen LogP contribution in [0.3, 0.4) is 0 Å². The van der Waals surface area contributed by atoms with Gasteiger partial charge in [-0.1, -0.05) is 30.3 Å². The van der Waals surface area contributed by atoms with Crippen molar-refractivity contribution in [2.75, 3.05) is 13.7 Å². The summed E-state index contributed by atoms with van der Waals surface area (Å²) >= 11 is 0. The van der Waals surface area contributed by atoms with Crippen LogP contribution in [0, 0.1) is 0 Å². The number of rotatable bonds is 4. The van der Waals surface area contributed by atoms with Crippen LogP contribution in [-0.2, 0) is 23.9 Å². The van der Waals surface area contributed by atoms with Crippen molar-refractivity contribution in [2.24, 2.45) is 0 Å². The Morgan fingerprint density at radius 2 is 1.64 bits per heavy atom. The van der Waals surface area contributed by atoms with E-state index in [4.69, 9.17) is 29.3 Å². The summed E-state index contributed by atoms with van der Waals surface area (Å²) in [6.07, 6.45) is 2.26. The fourth-order valence-corrected chi connectivity index (χ4v) is 4.04. The summed E-state index contributed by atoms with van der Waals surface area (Å²) in [7, 11) is 2.13. The van der Waals surface area contributed by atoms with Crippen molar-refractivity contribution >= 4 is 17.9 Å². The molecule has 0 aliphatic carbocycles. The highest BCUT2D eigenvalue weighted by Crippen LogP contribution is 2.48. The Morgan fingerprint density at radius 1 is 1.11 bits per heavy atom. The van der Waals surface area contributed by atoms with Gasteiger partial charge in [-0.3, -0.25) is 9.69 Å². The fourth-order valence-electron chi connectivity index (χ4n) is 4.04. The van der Waals surface area contributed by atoms with E-state index in [2.05, 4.69) is 11.9 Å². The first kappa shape index (κ1) is 20.2. The van der Waals surface area contributed by atoms with E-state index >= 15 is 0 Å². The Labute approximate surface area is 161 Å². The predicted molar refractivity (Wildman–Crippen MR) is 94.7 cm³/mol. The van der Waals surface area contributed by atoms with Crippen LogP contribution in [-0.4, -0.2) is 82.2 Å². The van der Waals surface area contributed by atoms with Gasteiger partial charge in [0, 0.05) is 24.9 Å². The Hall–Kier alpha value is -2.49. The van der Waals surface area contributed by atoms with Gasteiger partial charge in [-0.2, -0.15) is 0 Å². The molecule has 1 aromatic carbocycles. The van der Waals surface area contributed by atoms with Crippen molar-refractivity contribution in [1.29, 1.82) is 0 Å². The van der Waals surface area contributed by atoms with Gasteiger partial charge in [-0.05, 0) is 12.6 Å². The summed E-state index contributed by atoms with van der Waals surface area (Å²) in [6.45, 7) is -0.226. The van der Waals surface area contributed by atoms with Gasteiger partial charge in [0.2, 0.25) is 0 Å². The number of piperidine rings is 1. The molecule has 3 aliphatic rings. The summed E-state index contributed by atoms with van der Waals surface area (Å²) < 4.78 is 11.4. The number of carbonyl (C=O) groups excluding carboxylic acids is 1. The Kier molecular flexibility index (Phi) is 5.97. The number of carbonyl (C=O) groups is 3. The van der Waals surface area contributed by atoms with E-state index in [9.17, 15) is 9.90 Å². The molecule has 28 heavy (non-hydrogen) atoms. The molecule has 4 rings (SSSR count). The number of benzene rings is 1. The lowest BCUT2D eigenvalue weighted by Crippen LogP contribution is -2.48. The number of likely N-dealkylation sites (N-methyl/N-ethyl adjacent to an activating group) is 1. The van der Waals surface area contributed by atoms with Crippen LogP contribution in [0.2, 0.25) is 0 Å². The maximum absolute atomic E-state index is 12.4. The average molecular weight is 393 g/mol. The number of hydrogen-bond acceptors (Lipinski definition) is 7. The first-order valence-electron chi connectivity index (χ1n) is 9.03.